The lowest BCUT2D eigenvalue weighted by Crippen LogP contribution is -2.15. The Hall–Kier alpha value is -2.41. The maximum Gasteiger partial charge on any atom is 0.252 e. The number of aryl methyl sites for hydroxylation is 2. The summed E-state index contributed by atoms with van der Waals surface area (Å²) in [6, 6.07) is 8.12. The van der Waals surface area contributed by atoms with E-state index >= 15 is 0 Å². The van der Waals surface area contributed by atoms with Crippen molar-refractivity contribution in [2.45, 2.75) is 62.5 Å². The summed E-state index contributed by atoms with van der Waals surface area (Å²) in [5.41, 5.74) is 3.87. The van der Waals surface area contributed by atoms with Crippen LogP contribution in [0.2, 0.25) is 0 Å². The summed E-state index contributed by atoms with van der Waals surface area (Å²) in [7, 11) is 0. The molecule has 1 fully saturated rings. The van der Waals surface area contributed by atoms with Crippen LogP contribution in [0.4, 0.5) is 5.69 Å². The van der Waals surface area contributed by atoms with Crippen LogP contribution in [0.5, 0.6) is 0 Å². The quantitative estimate of drug-likeness (QED) is 0.672. The first-order chi connectivity index (χ1) is 13.6. The Balaban J connectivity index is 1.43. The fraction of sp³-hybridized carbons (Fsp3) is 0.429. The fourth-order valence-corrected chi connectivity index (χ4v) is 5.16. The van der Waals surface area contributed by atoms with Crippen molar-refractivity contribution in [3.8, 4) is 0 Å². The summed E-state index contributed by atoms with van der Waals surface area (Å²) in [5, 5.41) is 8.00. The normalized spacial score (nSPS) is 14.6. The Morgan fingerprint density at radius 3 is 2.86 bits per heavy atom. The third kappa shape index (κ3) is 4.04. The molecule has 1 N–H and O–H groups in total. The summed E-state index contributed by atoms with van der Waals surface area (Å²) in [6.45, 7) is 3.96. The van der Waals surface area contributed by atoms with E-state index in [0.29, 0.717) is 23.9 Å². The first-order valence-corrected chi connectivity index (χ1v) is 10.7. The zero-order valence-electron chi connectivity index (χ0n) is 16.3. The summed E-state index contributed by atoms with van der Waals surface area (Å²) >= 11 is 1.90. The highest BCUT2D eigenvalue weighted by molar-refractivity contribution is 8.00. The number of carbonyl (C=O) groups excluding carboxylic acids is 1. The molecule has 4 rings (SSSR count). The van der Waals surface area contributed by atoms with E-state index in [0.717, 1.165) is 22.6 Å². The number of benzene rings is 1. The summed E-state index contributed by atoms with van der Waals surface area (Å²) in [6.07, 6.45) is 7.71. The predicted octanol–water partition coefficient (Wildman–Crippen LogP) is 4.35. The van der Waals surface area contributed by atoms with Gasteiger partial charge in [0, 0.05) is 28.0 Å². The standard InChI is InChI=1S/C21H25N5OS/c1-14-17(15(2)26-21(24-14)22-13-23-26)11-12-20(27)25-18-9-5-6-10-19(18)28-16-7-3-4-8-16/h5-6,9-10,13,16H,3-4,7-8,11-12H2,1-2H3,(H,25,27). The Kier molecular flexibility index (Phi) is 5.62. The van der Waals surface area contributed by atoms with Crippen LogP contribution in [0.1, 0.15) is 49.1 Å². The van der Waals surface area contributed by atoms with Gasteiger partial charge in [-0.1, -0.05) is 25.0 Å². The van der Waals surface area contributed by atoms with E-state index in [4.69, 9.17) is 0 Å². The van der Waals surface area contributed by atoms with E-state index < -0.39 is 0 Å². The molecule has 7 heteroatoms. The Bertz CT molecular complexity index is 994. The predicted molar refractivity (Wildman–Crippen MR) is 112 cm³/mol. The van der Waals surface area contributed by atoms with E-state index in [2.05, 4.69) is 26.4 Å². The topological polar surface area (TPSA) is 72.2 Å². The van der Waals surface area contributed by atoms with Gasteiger partial charge in [-0.15, -0.1) is 11.8 Å². The lowest BCUT2D eigenvalue weighted by Gasteiger charge is -2.14. The third-order valence-electron chi connectivity index (χ3n) is 5.35. The molecular formula is C21H25N5OS. The van der Waals surface area contributed by atoms with Gasteiger partial charge in [-0.05, 0) is 50.8 Å². The molecule has 0 aliphatic heterocycles. The molecule has 146 valence electrons. The molecule has 1 aliphatic rings. The van der Waals surface area contributed by atoms with E-state index in [1.807, 2.05) is 43.8 Å². The lowest BCUT2D eigenvalue weighted by molar-refractivity contribution is -0.116. The van der Waals surface area contributed by atoms with Crippen molar-refractivity contribution < 1.29 is 4.79 Å². The minimum absolute atomic E-state index is 0.0250. The molecule has 0 atom stereocenters. The zero-order valence-corrected chi connectivity index (χ0v) is 17.1. The molecule has 0 saturated heterocycles. The number of carbonyl (C=O) groups is 1. The van der Waals surface area contributed by atoms with Gasteiger partial charge in [0.05, 0.1) is 5.69 Å². The molecule has 3 aromatic rings. The summed E-state index contributed by atoms with van der Waals surface area (Å²) in [5.74, 6) is 0.623. The van der Waals surface area contributed by atoms with Crippen LogP contribution in [0.3, 0.4) is 0 Å². The summed E-state index contributed by atoms with van der Waals surface area (Å²) in [4.78, 5) is 22.4. The molecule has 0 spiro atoms. The number of aromatic nitrogens is 4. The SMILES string of the molecule is Cc1nc2ncnn2c(C)c1CCC(=O)Nc1ccccc1SC1CCCC1. The van der Waals surface area contributed by atoms with Gasteiger partial charge < -0.3 is 5.32 Å². The van der Waals surface area contributed by atoms with E-state index in [-0.39, 0.29) is 5.91 Å². The van der Waals surface area contributed by atoms with Gasteiger partial charge in [-0.3, -0.25) is 4.79 Å². The fourth-order valence-electron chi connectivity index (χ4n) is 3.83. The molecule has 1 aromatic carbocycles. The molecule has 0 unspecified atom stereocenters. The van der Waals surface area contributed by atoms with Crippen molar-refractivity contribution in [2.75, 3.05) is 5.32 Å². The van der Waals surface area contributed by atoms with Crippen LogP contribution >= 0.6 is 11.8 Å². The molecule has 28 heavy (non-hydrogen) atoms. The number of para-hydroxylation sites is 1. The van der Waals surface area contributed by atoms with Crippen molar-refractivity contribution in [2.24, 2.45) is 0 Å². The number of hydrogen-bond acceptors (Lipinski definition) is 5. The monoisotopic (exact) mass is 395 g/mol. The second-order valence-corrected chi connectivity index (χ2v) is 8.64. The second kappa shape index (κ2) is 8.31. The van der Waals surface area contributed by atoms with Gasteiger partial charge in [0.1, 0.15) is 6.33 Å². The molecular weight excluding hydrogens is 370 g/mol. The van der Waals surface area contributed by atoms with Crippen molar-refractivity contribution >= 4 is 29.1 Å². The van der Waals surface area contributed by atoms with Crippen molar-refractivity contribution in [1.82, 2.24) is 19.6 Å². The van der Waals surface area contributed by atoms with Gasteiger partial charge in [0.15, 0.2) is 0 Å². The number of hydrogen-bond donors (Lipinski definition) is 1. The Morgan fingerprint density at radius 1 is 1.25 bits per heavy atom. The van der Waals surface area contributed by atoms with Crippen LogP contribution < -0.4 is 5.32 Å². The van der Waals surface area contributed by atoms with Gasteiger partial charge in [0.2, 0.25) is 5.91 Å². The maximum atomic E-state index is 12.6. The average Bonchev–Trinajstić information content (AvgIpc) is 3.35. The largest absolute Gasteiger partial charge is 0.325 e. The number of nitrogens with zero attached hydrogens (tertiary/aromatic N) is 4. The number of anilines is 1. The van der Waals surface area contributed by atoms with Gasteiger partial charge in [-0.25, -0.2) is 9.50 Å². The Labute approximate surface area is 169 Å². The molecule has 1 aliphatic carbocycles. The van der Waals surface area contributed by atoms with Crippen LogP contribution in [-0.4, -0.2) is 30.7 Å². The van der Waals surface area contributed by atoms with Crippen molar-refractivity contribution in [3.63, 3.8) is 0 Å². The highest BCUT2D eigenvalue weighted by Crippen LogP contribution is 2.38. The van der Waals surface area contributed by atoms with Crippen molar-refractivity contribution in [1.29, 1.82) is 0 Å². The number of thioether (sulfide) groups is 1. The van der Waals surface area contributed by atoms with Gasteiger partial charge in [-0.2, -0.15) is 10.1 Å². The van der Waals surface area contributed by atoms with Crippen molar-refractivity contribution in [3.05, 3.63) is 47.5 Å². The highest BCUT2D eigenvalue weighted by Gasteiger charge is 2.18. The number of rotatable bonds is 6. The minimum Gasteiger partial charge on any atom is -0.325 e. The smallest absolute Gasteiger partial charge is 0.252 e. The molecule has 2 aromatic heterocycles. The van der Waals surface area contributed by atoms with Gasteiger partial charge >= 0.3 is 0 Å². The van der Waals surface area contributed by atoms with Crippen LogP contribution in [0, 0.1) is 13.8 Å². The van der Waals surface area contributed by atoms with E-state index in [9.17, 15) is 4.79 Å². The second-order valence-electron chi connectivity index (χ2n) is 7.30. The highest BCUT2D eigenvalue weighted by atomic mass is 32.2. The Morgan fingerprint density at radius 2 is 2.04 bits per heavy atom. The first kappa shape index (κ1) is 18.9. The first-order valence-electron chi connectivity index (χ1n) is 9.83. The molecule has 1 saturated carbocycles. The average molecular weight is 396 g/mol. The number of fused-ring (bicyclic) bond motifs is 1. The van der Waals surface area contributed by atoms with Crippen LogP contribution in [0.25, 0.3) is 5.78 Å². The van der Waals surface area contributed by atoms with E-state index in [1.165, 1.54) is 36.9 Å². The van der Waals surface area contributed by atoms with Crippen LogP contribution in [0.15, 0.2) is 35.5 Å². The molecule has 6 nitrogen and oxygen atoms in total. The maximum absolute atomic E-state index is 12.6. The third-order valence-corrected chi connectivity index (χ3v) is 6.76. The molecule has 0 radical (unpaired) electrons. The molecule has 2 heterocycles. The van der Waals surface area contributed by atoms with E-state index in [1.54, 1.807) is 4.52 Å². The summed E-state index contributed by atoms with van der Waals surface area (Å²) < 4.78 is 1.73. The number of nitrogens with one attached hydrogen (secondary N) is 1. The zero-order chi connectivity index (χ0) is 19.5. The molecule has 1 amide bonds. The molecule has 0 bridgehead atoms. The lowest BCUT2D eigenvalue weighted by atomic mass is 10.1. The number of amides is 1. The van der Waals surface area contributed by atoms with Gasteiger partial charge in [0.25, 0.3) is 5.78 Å². The minimum atomic E-state index is 0.0250. The van der Waals surface area contributed by atoms with Crippen LogP contribution in [-0.2, 0) is 11.2 Å².